The summed E-state index contributed by atoms with van der Waals surface area (Å²) in [5.74, 6) is 1.07. The Labute approximate surface area is 180 Å². The number of benzene rings is 1. The second-order valence-corrected chi connectivity index (χ2v) is 7.41. The van der Waals surface area contributed by atoms with Crippen LogP contribution in [-0.4, -0.2) is 68.5 Å². The van der Waals surface area contributed by atoms with Gasteiger partial charge in [-0.15, -0.1) is 24.0 Å². The number of carbonyl (C=O) groups is 1. The van der Waals surface area contributed by atoms with Gasteiger partial charge in [-0.3, -0.25) is 9.79 Å². The number of nitrogens with zero attached hydrogens (tertiary/aromatic N) is 3. The van der Waals surface area contributed by atoms with Gasteiger partial charge in [-0.05, 0) is 26.1 Å². The number of hydrogen-bond donors (Lipinski definition) is 2. The van der Waals surface area contributed by atoms with Crippen LogP contribution in [0.4, 0.5) is 0 Å². The van der Waals surface area contributed by atoms with Crippen molar-refractivity contribution in [1.82, 2.24) is 20.4 Å². The first-order valence-electron chi connectivity index (χ1n) is 9.39. The summed E-state index contributed by atoms with van der Waals surface area (Å²) in [6, 6.07) is 11.0. The van der Waals surface area contributed by atoms with Crippen LogP contribution in [0.25, 0.3) is 0 Å². The Morgan fingerprint density at radius 3 is 2.52 bits per heavy atom. The summed E-state index contributed by atoms with van der Waals surface area (Å²) < 4.78 is 0. The van der Waals surface area contributed by atoms with Gasteiger partial charge in [-0.1, -0.05) is 44.2 Å². The Bertz CT molecular complexity index is 606. The second-order valence-electron chi connectivity index (χ2n) is 7.41. The molecular formula is C20H34IN5O. The Hall–Kier alpha value is -1.35. The Morgan fingerprint density at radius 2 is 1.96 bits per heavy atom. The summed E-state index contributed by atoms with van der Waals surface area (Å²) in [4.78, 5) is 20.6. The number of amides is 1. The van der Waals surface area contributed by atoms with Crippen molar-refractivity contribution in [2.24, 2.45) is 10.9 Å². The third-order valence-electron chi connectivity index (χ3n) is 4.83. The molecule has 27 heavy (non-hydrogen) atoms. The number of carbonyl (C=O) groups excluding carboxylic acids is 1. The van der Waals surface area contributed by atoms with Crippen LogP contribution in [0, 0.1) is 5.92 Å². The molecule has 2 unspecified atom stereocenters. The van der Waals surface area contributed by atoms with E-state index in [1.54, 1.807) is 7.05 Å². The molecule has 0 radical (unpaired) electrons. The van der Waals surface area contributed by atoms with E-state index in [1.807, 2.05) is 24.8 Å². The Balaban J connectivity index is 0.00000364. The minimum atomic E-state index is 0. The van der Waals surface area contributed by atoms with Gasteiger partial charge in [-0.25, -0.2) is 0 Å². The number of guanidine groups is 1. The number of likely N-dealkylation sites (tertiary alicyclic amines) is 1. The summed E-state index contributed by atoms with van der Waals surface area (Å²) in [5.41, 5.74) is 1.27. The van der Waals surface area contributed by atoms with Gasteiger partial charge in [0, 0.05) is 38.6 Å². The molecule has 2 rings (SSSR count). The van der Waals surface area contributed by atoms with Gasteiger partial charge >= 0.3 is 0 Å². The predicted molar refractivity (Wildman–Crippen MR) is 123 cm³/mol. The maximum absolute atomic E-state index is 12.1. The Morgan fingerprint density at radius 1 is 1.30 bits per heavy atom. The van der Waals surface area contributed by atoms with Gasteiger partial charge in [0.15, 0.2) is 5.96 Å². The molecular weight excluding hydrogens is 453 g/mol. The molecule has 0 aromatic heterocycles. The van der Waals surface area contributed by atoms with Crippen molar-refractivity contribution < 1.29 is 4.79 Å². The molecule has 0 bridgehead atoms. The first-order chi connectivity index (χ1) is 12.4. The highest BCUT2D eigenvalue weighted by Gasteiger charge is 2.28. The summed E-state index contributed by atoms with van der Waals surface area (Å²) >= 11 is 0. The van der Waals surface area contributed by atoms with Gasteiger partial charge < -0.3 is 20.4 Å². The van der Waals surface area contributed by atoms with Gasteiger partial charge in [0.1, 0.15) is 0 Å². The highest BCUT2D eigenvalue weighted by atomic mass is 127. The lowest BCUT2D eigenvalue weighted by molar-refractivity contribution is -0.133. The fourth-order valence-electron chi connectivity index (χ4n) is 3.30. The quantitative estimate of drug-likeness (QED) is 0.368. The highest BCUT2D eigenvalue weighted by Crippen LogP contribution is 2.17. The first kappa shape index (κ1) is 23.7. The number of nitrogens with one attached hydrogen (secondary N) is 2. The van der Waals surface area contributed by atoms with Crippen LogP contribution in [0.5, 0.6) is 0 Å². The van der Waals surface area contributed by atoms with E-state index in [4.69, 9.17) is 0 Å². The molecule has 1 aromatic rings. The van der Waals surface area contributed by atoms with Crippen molar-refractivity contribution in [3.8, 4) is 0 Å². The molecule has 7 heteroatoms. The van der Waals surface area contributed by atoms with Crippen LogP contribution < -0.4 is 10.6 Å². The predicted octanol–water partition coefficient (Wildman–Crippen LogP) is 2.33. The lowest BCUT2D eigenvalue weighted by Crippen LogP contribution is -2.47. The molecule has 1 heterocycles. The minimum Gasteiger partial charge on any atom is -0.354 e. The van der Waals surface area contributed by atoms with E-state index < -0.39 is 0 Å². The second kappa shape index (κ2) is 11.5. The molecule has 1 aliphatic heterocycles. The van der Waals surface area contributed by atoms with Crippen molar-refractivity contribution in [3.05, 3.63) is 35.9 Å². The summed E-state index contributed by atoms with van der Waals surface area (Å²) in [6.07, 6.45) is 0.953. The zero-order valence-corrected chi connectivity index (χ0v) is 19.4. The lowest BCUT2D eigenvalue weighted by atomic mass is 10.1. The third kappa shape index (κ3) is 6.95. The van der Waals surface area contributed by atoms with Gasteiger partial charge in [0.05, 0.1) is 6.04 Å². The van der Waals surface area contributed by atoms with Crippen LogP contribution in [-0.2, 0) is 4.79 Å². The monoisotopic (exact) mass is 487 g/mol. The maximum atomic E-state index is 12.1. The van der Waals surface area contributed by atoms with E-state index in [9.17, 15) is 4.79 Å². The van der Waals surface area contributed by atoms with Gasteiger partial charge in [-0.2, -0.15) is 0 Å². The van der Waals surface area contributed by atoms with E-state index in [2.05, 4.69) is 58.9 Å². The van der Waals surface area contributed by atoms with E-state index in [0.29, 0.717) is 0 Å². The number of rotatable bonds is 6. The molecule has 0 saturated carbocycles. The van der Waals surface area contributed by atoms with Crippen LogP contribution >= 0.6 is 24.0 Å². The standard InChI is InChI=1S/C20H33N5O.HI/c1-15(2)19(26)25-12-11-17(14-25)23-20(21-3)22-13-18(24(4)5)16-9-7-6-8-10-16;/h6-10,15,17-18H,11-14H2,1-5H3,(H2,21,22,23);1H. The SMILES string of the molecule is CN=C(NCC(c1ccccc1)N(C)C)NC1CCN(C(=O)C(C)C)C1.I. The molecule has 1 saturated heterocycles. The molecule has 1 aliphatic rings. The normalized spacial score (nSPS) is 18.4. The number of halogens is 1. The van der Waals surface area contributed by atoms with Crippen LogP contribution in [0.1, 0.15) is 31.9 Å². The van der Waals surface area contributed by atoms with Crippen molar-refractivity contribution >= 4 is 35.8 Å². The number of aliphatic imine (C=N–C) groups is 1. The fourth-order valence-corrected chi connectivity index (χ4v) is 3.30. The third-order valence-corrected chi connectivity index (χ3v) is 4.83. The lowest BCUT2D eigenvalue weighted by Gasteiger charge is -2.27. The zero-order chi connectivity index (χ0) is 19.1. The largest absolute Gasteiger partial charge is 0.354 e. The molecule has 1 aromatic carbocycles. The number of hydrogen-bond acceptors (Lipinski definition) is 3. The average Bonchev–Trinajstić information content (AvgIpc) is 3.09. The van der Waals surface area contributed by atoms with Crippen LogP contribution in [0.3, 0.4) is 0 Å². The highest BCUT2D eigenvalue weighted by molar-refractivity contribution is 14.0. The molecule has 6 nitrogen and oxygen atoms in total. The minimum absolute atomic E-state index is 0. The zero-order valence-electron chi connectivity index (χ0n) is 17.1. The summed E-state index contributed by atoms with van der Waals surface area (Å²) in [6.45, 7) is 6.23. The van der Waals surface area contributed by atoms with Crippen molar-refractivity contribution in [2.75, 3.05) is 40.8 Å². The first-order valence-corrected chi connectivity index (χ1v) is 9.39. The molecule has 2 N–H and O–H groups in total. The van der Waals surface area contributed by atoms with Gasteiger partial charge in [0.2, 0.25) is 5.91 Å². The molecule has 0 aliphatic carbocycles. The average molecular weight is 487 g/mol. The van der Waals surface area contributed by atoms with E-state index in [-0.39, 0.29) is 47.9 Å². The van der Waals surface area contributed by atoms with E-state index in [0.717, 1.165) is 32.0 Å². The molecule has 1 fully saturated rings. The van der Waals surface area contributed by atoms with Crippen LogP contribution in [0.2, 0.25) is 0 Å². The van der Waals surface area contributed by atoms with Crippen molar-refractivity contribution in [2.45, 2.75) is 32.4 Å². The topological polar surface area (TPSA) is 60.0 Å². The number of likely N-dealkylation sites (N-methyl/N-ethyl adjacent to an activating group) is 1. The van der Waals surface area contributed by atoms with Crippen molar-refractivity contribution in [1.29, 1.82) is 0 Å². The van der Waals surface area contributed by atoms with E-state index >= 15 is 0 Å². The molecule has 2 atom stereocenters. The van der Waals surface area contributed by atoms with Crippen molar-refractivity contribution in [3.63, 3.8) is 0 Å². The fraction of sp³-hybridized carbons (Fsp3) is 0.600. The summed E-state index contributed by atoms with van der Waals surface area (Å²) in [7, 11) is 5.96. The molecule has 152 valence electrons. The molecule has 1 amide bonds. The Kier molecular flexibility index (Phi) is 10.1. The van der Waals surface area contributed by atoms with E-state index in [1.165, 1.54) is 5.56 Å². The summed E-state index contributed by atoms with van der Waals surface area (Å²) in [5, 5.41) is 6.90. The molecule has 0 spiro atoms. The smallest absolute Gasteiger partial charge is 0.225 e. The van der Waals surface area contributed by atoms with Gasteiger partial charge in [0.25, 0.3) is 0 Å². The maximum Gasteiger partial charge on any atom is 0.225 e. The van der Waals surface area contributed by atoms with Crippen LogP contribution in [0.15, 0.2) is 35.3 Å².